The van der Waals surface area contributed by atoms with Crippen molar-refractivity contribution in [3.05, 3.63) is 120 Å². The van der Waals surface area contributed by atoms with Gasteiger partial charge < -0.3 is 131 Å². The zero-order chi connectivity index (χ0) is 97.0. The number of H-pyrrole nitrogens is 3. The number of amides is 17. The van der Waals surface area contributed by atoms with Crippen molar-refractivity contribution >= 4 is 134 Å². The minimum Gasteiger partial charge on any atom is -0.508 e. The number of carbonyl (C=O) groups excluding carboxylic acids is 17. The Bertz CT molecular complexity index is 5110. The highest BCUT2D eigenvalue weighted by molar-refractivity contribution is 8.00. The molecule has 3 fully saturated rings. The first-order chi connectivity index (χ1) is 63.4. The average molecular weight is 1870 g/mol. The minimum absolute atomic E-state index is 0.0506. The van der Waals surface area contributed by atoms with Crippen LogP contribution in [0.1, 0.15) is 127 Å². The molecule has 44 nitrogen and oxygen atoms in total. The van der Waals surface area contributed by atoms with E-state index in [1.807, 2.05) is 13.8 Å². The quantitative estimate of drug-likeness (QED) is 0.0256. The van der Waals surface area contributed by atoms with Crippen molar-refractivity contribution in [2.45, 2.75) is 227 Å². The van der Waals surface area contributed by atoms with Crippen LogP contribution in [0.4, 0.5) is 0 Å². The van der Waals surface area contributed by atoms with Gasteiger partial charge in [0.05, 0.1) is 49.8 Å². The smallest absolute Gasteiger partial charge is 0.246 e. The highest BCUT2D eigenvalue weighted by Gasteiger charge is 2.47. The Labute approximate surface area is 770 Å². The van der Waals surface area contributed by atoms with Gasteiger partial charge in [-0.05, 0) is 100.0 Å². The molecule has 0 bridgehead atoms. The van der Waals surface area contributed by atoms with Gasteiger partial charge in [-0.2, -0.15) is 0 Å². The predicted molar refractivity (Wildman–Crippen MR) is 484 cm³/mol. The number of aromatic amines is 3. The number of para-hydroxylation sites is 2. The first-order valence-electron chi connectivity index (χ1n) is 44.3. The van der Waals surface area contributed by atoms with Gasteiger partial charge in [0.25, 0.3) is 0 Å². The number of fused-ring (bicyclic) bond motifs is 4. The van der Waals surface area contributed by atoms with Gasteiger partial charge in [-0.1, -0.05) is 88.1 Å². The standard InChI is InChI=1S/C88H123N23O21S/c1-7-9-20-67-81(125)99-58(29-30-89)77(121)106-66(76(120)96-41-73(92)117)44-133-45-74(118)98-62(32-48-23-25-52(113)26-24-48)84(128)107(4)47(3)75(119)103-64(37-72(91)116)87(131)110-31-15-22-68(110)82(126)102-61(35-51-40-93-46-97-51)79(123)100-59(27-28-71(90)115)86(130)111-42-53(114)36-70(111)83(127)101-60(33-49-38-94-56-18-13-11-16-54(49)56)78(122)105-65(43-112)80(124)104-63(34-50-39-95-57-19-14-12-17-55(50)57)85(129)109(6)69(21-10-8-2)88(132)108(67)5/h11-14,16-19,23-26,38-40,46-47,53,58-70,88,94-95,112-114,132H,7-10,15,20-22,27-37,41-45,89H2,1-6H3,(H2,90,115)(H2,91,116)(H2,92,117)(H,93,97)(H,96,120)(H,98,118)(H,99,125)(H,100,123)(H,101,127)(H,102,126)(H,103,119)(H,104,124)(H,105,122)(H,106,121). The number of aliphatic hydroxyl groups excluding tert-OH is 3. The number of thioether (sulfide) groups is 1. The lowest BCUT2D eigenvalue weighted by Gasteiger charge is -2.41. The van der Waals surface area contributed by atoms with Gasteiger partial charge >= 0.3 is 0 Å². The Balaban J connectivity index is 1.09. The third-order valence-corrected chi connectivity index (χ3v) is 25.0. The van der Waals surface area contributed by atoms with Crippen LogP contribution >= 0.6 is 11.8 Å². The second kappa shape index (κ2) is 49.4. The first-order valence-corrected chi connectivity index (χ1v) is 45.4. The lowest BCUT2D eigenvalue weighted by molar-refractivity contribution is -0.147. The number of hydrogen-bond acceptors (Lipinski definition) is 25. The SMILES string of the molecule is CCCCC1C(O)N(C)C(CCCC)C(=O)NC(CCN)C(=O)NC(C(=O)NCC(N)=O)CSCC(=O)NC(Cc2ccc(O)cc2)C(=O)N(C)C(C)C(=O)NC(CC(N)=O)C(=O)N2CCCC2C(=O)NC(Cc2cnc[nH]2)C(=O)NC(CCC(N)=O)C(=O)N2CC(O)CC2C(=O)NC(Cc2c[nH]c3ccccc23)C(=O)NC(CO)C(=O)NC(Cc2c[nH]c3ccccc23)C(=O)N1C. The van der Waals surface area contributed by atoms with Crippen molar-refractivity contribution in [2.75, 3.05) is 65.4 Å². The molecule has 722 valence electrons. The molecule has 3 aliphatic heterocycles. The summed E-state index contributed by atoms with van der Waals surface area (Å²) in [5, 5.41) is 72.9. The highest BCUT2D eigenvalue weighted by atomic mass is 32.2. The number of likely N-dealkylation sites (N-methyl/N-ethyl adjacent to an activating group) is 3. The summed E-state index contributed by atoms with van der Waals surface area (Å²) in [5.41, 5.74) is 25.7. The maximum atomic E-state index is 15.7. The molecule has 3 aromatic carbocycles. The fourth-order valence-corrected chi connectivity index (χ4v) is 17.3. The summed E-state index contributed by atoms with van der Waals surface area (Å²) in [6.07, 6.45) is 0.769. The third-order valence-electron chi connectivity index (χ3n) is 24.0. The normalized spacial score (nSPS) is 25.6. The molecule has 16 unspecified atom stereocenters. The van der Waals surface area contributed by atoms with Gasteiger partial charge in [0.1, 0.15) is 84.5 Å². The zero-order valence-corrected chi connectivity index (χ0v) is 75.9. The van der Waals surface area contributed by atoms with E-state index in [0.717, 1.165) is 26.5 Å². The van der Waals surface area contributed by atoms with Crippen molar-refractivity contribution in [3.8, 4) is 5.75 Å². The molecule has 25 N–H and O–H groups in total. The largest absolute Gasteiger partial charge is 0.508 e. The summed E-state index contributed by atoms with van der Waals surface area (Å²) < 4.78 is 0. The number of imidazole rings is 1. The van der Waals surface area contributed by atoms with E-state index in [4.69, 9.17) is 22.9 Å². The number of phenolic OH excluding ortho intramolecular Hbond substituents is 1. The zero-order valence-electron chi connectivity index (χ0n) is 75.1. The molecule has 3 aliphatic rings. The first kappa shape index (κ1) is 104. The topological polar surface area (TPSA) is 672 Å². The van der Waals surface area contributed by atoms with Crippen LogP contribution < -0.4 is 76.1 Å². The Hall–Kier alpha value is -13.1. The van der Waals surface area contributed by atoms with Crippen LogP contribution in [0.25, 0.3) is 21.8 Å². The summed E-state index contributed by atoms with van der Waals surface area (Å²) in [4.78, 5) is 265. The van der Waals surface area contributed by atoms with E-state index in [1.165, 1.54) is 74.7 Å². The van der Waals surface area contributed by atoms with E-state index in [9.17, 15) is 68.4 Å². The molecule has 0 aliphatic carbocycles. The minimum atomic E-state index is -1.90. The number of aliphatic hydroxyl groups is 3. The van der Waals surface area contributed by atoms with Crippen molar-refractivity contribution in [2.24, 2.45) is 22.9 Å². The molecule has 0 radical (unpaired) electrons. The highest BCUT2D eigenvalue weighted by Crippen LogP contribution is 2.28. The van der Waals surface area contributed by atoms with E-state index in [2.05, 4.69) is 73.1 Å². The van der Waals surface area contributed by atoms with Crippen LogP contribution in [0.3, 0.4) is 0 Å². The molecule has 45 heteroatoms. The average Bonchev–Trinajstić information content (AvgIpc) is 1.66. The molecular weight excluding hydrogens is 1750 g/mol. The molecule has 17 amide bonds. The third kappa shape index (κ3) is 28.5. The van der Waals surface area contributed by atoms with Crippen LogP contribution in [0.5, 0.6) is 5.75 Å². The van der Waals surface area contributed by atoms with Crippen LogP contribution in [0, 0.1) is 0 Å². The maximum absolute atomic E-state index is 15.7. The number of benzene rings is 3. The van der Waals surface area contributed by atoms with Crippen molar-refractivity contribution in [1.29, 1.82) is 0 Å². The lowest BCUT2D eigenvalue weighted by Crippen LogP contribution is -2.62. The molecule has 16 atom stereocenters. The fourth-order valence-electron chi connectivity index (χ4n) is 16.4. The number of phenols is 1. The van der Waals surface area contributed by atoms with Crippen molar-refractivity contribution in [1.82, 2.24) is 97.6 Å². The Morgan fingerprint density at radius 3 is 1.70 bits per heavy atom. The number of primary amides is 3. The molecule has 6 heterocycles. The van der Waals surface area contributed by atoms with Gasteiger partial charge in [0, 0.05) is 118 Å². The maximum Gasteiger partial charge on any atom is 0.246 e. The molecule has 6 aromatic rings. The van der Waals surface area contributed by atoms with E-state index < -0.39 is 254 Å². The van der Waals surface area contributed by atoms with E-state index >= 15 is 33.6 Å². The molecule has 133 heavy (non-hydrogen) atoms. The van der Waals surface area contributed by atoms with E-state index in [1.54, 1.807) is 60.9 Å². The molecule has 0 spiro atoms. The summed E-state index contributed by atoms with van der Waals surface area (Å²) in [6, 6.07) is -2.55. The van der Waals surface area contributed by atoms with E-state index in [0.29, 0.717) is 64.2 Å². The Kier molecular flexibility index (Phi) is 38.5. The Morgan fingerprint density at radius 2 is 1.10 bits per heavy atom. The van der Waals surface area contributed by atoms with Crippen molar-refractivity contribution < 1.29 is 102 Å². The summed E-state index contributed by atoms with van der Waals surface area (Å²) in [7, 11) is 4.03. The van der Waals surface area contributed by atoms with Gasteiger partial charge in [0.15, 0.2) is 0 Å². The Morgan fingerprint density at radius 1 is 0.549 bits per heavy atom. The van der Waals surface area contributed by atoms with Crippen LogP contribution in [0.2, 0.25) is 0 Å². The molecule has 0 saturated carbocycles. The van der Waals surface area contributed by atoms with Gasteiger partial charge in [-0.15, -0.1) is 11.8 Å². The number of nitrogens with two attached hydrogens (primary N) is 4. The summed E-state index contributed by atoms with van der Waals surface area (Å²) in [5.74, 6) is -17.8. The monoisotopic (exact) mass is 1870 g/mol. The molecule has 3 aromatic heterocycles. The second-order valence-electron chi connectivity index (χ2n) is 33.6. The van der Waals surface area contributed by atoms with Gasteiger partial charge in [-0.25, -0.2) is 4.98 Å². The number of nitrogens with zero attached hydrogens (tertiary/aromatic N) is 6. The summed E-state index contributed by atoms with van der Waals surface area (Å²) >= 11 is 0.769. The number of aromatic hydroxyl groups is 1. The fraction of sp³-hybridized carbons (Fsp3) is 0.523. The molecule has 9 rings (SSSR count). The van der Waals surface area contributed by atoms with E-state index in [-0.39, 0.29) is 82.3 Å². The molecular formula is C88H123N23O21S. The number of rotatable bonds is 25. The summed E-state index contributed by atoms with van der Waals surface area (Å²) in [6.45, 7) is 2.20. The number of carbonyl (C=O) groups is 17. The number of hydrogen-bond donors (Lipinski definition) is 21. The van der Waals surface area contributed by atoms with Crippen LogP contribution in [-0.2, 0) is 107 Å². The van der Waals surface area contributed by atoms with Gasteiger partial charge in [0.2, 0.25) is 100 Å². The number of unbranched alkanes of at least 4 members (excludes halogenated alkanes) is 2. The van der Waals surface area contributed by atoms with Crippen molar-refractivity contribution in [3.63, 3.8) is 0 Å². The molecule has 3 saturated heterocycles. The van der Waals surface area contributed by atoms with Crippen LogP contribution in [-0.4, -0.2) is 328 Å². The number of aromatic nitrogens is 4. The predicted octanol–water partition coefficient (Wildman–Crippen LogP) is -4.83. The van der Waals surface area contributed by atoms with Gasteiger partial charge in [-0.3, -0.25) is 86.4 Å². The van der Waals surface area contributed by atoms with Crippen LogP contribution in [0.15, 0.2) is 97.7 Å². The second-order valence-corrected chi connectivity index (χ2v) is 34.7. The number of nitrogens with one attached hydrogen (secondary N) is 13. The lowest BCUT2D eigenvalue weighted by atomic mass is 9.99.